The van der Waals surface area contributed by atoms with E-state index in [0.717, 1.165) is 18.8 Å². The van der Waals surface area contributed by atoms with Crippen molar-refractivity contribution >= 4 is 35.9 Å². The van der Waals surface area contributed by atoms with Gasteiger partial charge in [-0.25, -0.2) is 0 Å². The molecule has 1 aliphatic heterocycles. The van der Waals surface area contributed by atoms with Crippen LogP contribution in [0.15, 0.2) is 27.8 Å². The van der Waals surface area contributed by atoms with Crippen molar-refractivity contribution in [3.05, 3.63) is 24.2 Å². The van der Waals surface area contributed by atoms with Crippen LogP contribution in [0.2, 0.25) is 0 Å². The molecule has 2 rings (SSSR count). The van der Waals surface area contributed by atoms with Crippen LogP contribution in [0.5, 0.6) is 0 Å². The summed E-state index contributed by atoms with van der Waals surface area (Å²) in [5, 5.41) is 6.53. The Bertz CT molecular complexity index is 545. The summed E-state index contributed by atoms with van der Waals surface area (Å²) < 4.78 is 10.4. The molecule has 2 unspecified atom stereocenters. The lowest BCUT2D eigenvalue weighted by molar-refractivity contribution is -0.144. The third-order valence-electron chi connectivity index (χ3n) is 4.57. The van der Waals surface area contributed by atoms with E-state index in [0.29, 0.717) is 19.0 Å². The molecular formula is C18H31IN4O3. The van der Waals surface area contributed by atoms with Gasteiger partial charge in [-0.15, -0.1) is 24.0 Å². The molecule has 148 valence electrons. The van der Waals surface area contributed by atoms with Crippen molar-refractivity contribution in [2.24, 2.45) is 10.9 Å². The number of guanidine groups is 1. The molecule has 2 heterocycles. The Hall–Kier alpha value is -1.29. The number of methoxy groups -OCH3 is 1. The molecule has 26 heavy (non-hydrogen) atoms. The molecule has 0 radical (unpaired) electrons. The Morgan fingerprint density at radius 3 is 2.58 bits per heavy atom. The molecule has 7 nitrogen and oxygen atoms in total. The summed E-state index contributed by atoms with van der Waals surface area (Å²) in [6.45, 7) is 5.16. The zero-order valence-electron chi connectivity index (χ0n) is 15.9. The maximum atomic E-state index is 11.5. The van der Waals surface area contributed by atoms with E-state index in [9.17, 15) is 4.79 Å². The number of likely N-dealkylation sites (tertiary alicyclic amines) is 1. The lowest BCUT2D eigenvalue weighted by atomic mass is 10.1. The van der Waals surface area contributed by atoms with E-state index in [1.54, 1.807) is 13.3 Å². The second-order valence-electron chi connectivity index (χ2n) is 6.39. The molecule has 0 amide bonds. The average Bonchev–Trinajstić information content (AvgIpc) is 3.18. The Morgan fingerprint density at radius 2 is 2.00 bits per heavy atom. The fourth-order valence-corrected chi connectivity index (χ4v) is 3.07. The highest BCUT2D eigenvalue weighted by atomic mass is 127. The van der Waals surface area contributed by atoms with Crippen LogP contribution in [-0.4, -0.2) is 57.2 Å². The summed E-state index contributed by atoms with van der Waals surface area (Å²) in [6, 6.07) is 4.13. The molecular weight excluding hydrogens is 447 g/mol. The monoisotopic (exact) mass is 478 g/mol. The van der Waals surface area contributed by atoms with E-state index in [-0.39, 0.29) is 41.9 Å². The lowest BCUT2D eigenvalue weighted by Gasteiger charge is -2.33. The van der Waals surface area contributed by atoms with Crippen LogP contribution >= 0.6 is 24.0 Å². The zero-order valence-corrected chi connectivity index (χ0v) is 18.2. The van der Waals surface area contributed by atoms with Crippen LogP contribution < -0.4 is 10.6 Å². The summed E-state index contributed by atoms with van der Waals surface area (Å²) >= 11 is 0. The highest BCUT2D eigenvalue weighted by Crippen LogP contribution is 2.24. The van der Waals surface area contributed by atoms with Gasteiger partial charge in [0.05, 0.1) is 25.3 Å². The summed E-state index contributed by atoms with van der Waals surface area (Å²) in [4.78, 5) is 18.2. The average molecular weight is 478 g/mol. The van der Waals surface area contributed by atoms with Crippen LogP contribution in [0, 0.1) is 5.92 Å². The zero-order chi connectivity index (χ0) is 18.1. The minimum atomic E-state index is -0.232. The van der Waals surface area contributed by atoms with Crippen molar-refractivity contribution in [3.63, 3.8) is 0 Å². The first-order chi connectivity index (χ1) is 12.2. The van der Waals surface area contributed by atoms with Crippen molar-refractivity contribution in [1.29, 1.82) is 0 Å². The molecule has 1 aromatic heterocycles. The van der Waals surface area contributed by atoms with Gasteiger partial charge in [0.15, 0.2) is 5.96 Å². The van der Waals surface area contributed by atoms with E-state index < -0.39 is 0 Å². The van der Waals surface area contributed by atoms with Crippen LogP contribution in [-0.2, 0) is 9.53 Å². The number of nitrogens with zero attached hydrogens (tertiary/aromatic N) is 2. The maximum absolute atomic E-state index is 11.5. The summed E-state index contributed by atoms with van der Waals surface area (Å²) in [5.74, 6) is 1.17. The van der Waals surface area contributed by atoms with Gasteiger partial charge < -0.3 is 19.8 Å². The van der Waals surface area contributed by atoms with Gasteiger partial charge in [-0.1, -0.05) is 13.3 Å². The van der Waals surface area contributed by atoms with E-state index in [2.05, 4.69) is 20.5 Å². The summed E-state index contributed by atoms with van der Waals surface area (Å²) in [5.41, 5.74) is 0. The number of hydrogen-bond acceptors (Lipinski definition) is 5. The molecule has 1 aromatic rings. The fourth-order valence-electron chi connectivity index (χ4n) is 3.07. The van der Waals surface area contributed by atoms with Gasteiger partial charge in [0.2, 0.25) is 0 Å². The first kappa shape index (κ1) is 22.8. The number of furan rings is 1. The van der Waals surface area contributed by atoms with Crippen LogP contribution in [0.4, 0.5) is 0 Å². The molecule has 1 aliphatic rings. The standard InChI is InChI=1S/C18H30N4O3.HI/c1-14(17(23)24-3)12-20-18(19-2)21-13-15(16-8-7-11-25-16)22-9-5-4-6-10-22;/h7-8,11,14-15H,4-6,9-10,12-13H2,1-3H3,(H2,19,20,21);1H. The topological polar surface area (TPSA) is 79.1 Å². The number of aliphatic imine (C=N–C) groups is 1. The summed E-state index contributed by atoms with van der Waals surface area (Å²) in [7, 11) is 3.12. The highest BCUT2D eigenvalue weighted by Gasteiger charge is 2.24. The van der Waals surface area contributed by atoms with Crippen LogP contribution in [0.25, 0.3) is 0 Å². The van der Waals surface area contributed by atoms with E-state index in [1.165, 1.54) is 26.4 Å². The van der Waals surface area contributed by atoms with Crippen LogP contribution in [0.1, 0.15) is 38.0 Å². The van der Waals surface area contributed by atoms with Crippen molar-refractivity contribution in [3.8, 4) is 0 Å². The van der Waals surface area contributed by atoms with Crippen molar-refractivity contribution in [2.75, 3.05) is 40.3 Å². The van der Waals surface area contributed by atoms with Crippen molar-refractivity contribution in [2.45, 2.75) is 32.2 Å². The number of nitrogens with one attached hydrogen (secondary N) is 2. The number of rotatable bonds is 7. The smallest absolute Gasteiger partial charge is 0.310 e. The number of carbonyl (C=O) groups is 1. The molecule has 0 bridgehead atoms. The molecule has 8 heteroatoms. The molecule has 1 fully saturated rings. The Balaban J connectivity index is 0.00000338. The van der Waals surface area contributed by atoms with Crippen molar-refractivity contribution in [1.82, 2.24) is 15.5 Å². The second kappa shape index (κ2) is 12.2. The largest absolute Gasteiger partial charge is 0.469 e. The number of carbonyl (C=O) groups excluding carboxylic acids is 1. The summed E-state index contributed by atoms with van der Waals surface area (Å²) in [6.07, 6.45) is 5.46. The molecule has 2 N–H and O–H groups in total. The molecule has 0 spiro atoms. The first-order valence-corrected chi connectivity index (χ1v) is 8.95. The normalized spacial score (nSPS) is 17.7. The first-order valence-electron chi connectivity index (χ1n) is 8.95. The van der Waals surface area contributed by atoms with Gasteiger partial charge in [-0.3, -0.25) is 14.7 Å². The number of hydrogen-bond donors (Lipinski definition) is 2. The molecule has 1 saturated heterocycles. The number of piperidine rings is 1. The fraction of sp³-hybridized carbons (Fsp3) is 0.667. The van der Waals surface area contributed by atoms with E-state index in [4.69, 9.17) is 9.15 Å². The number of ether oxygens (including phenoxy) is 1. The van der Waals surface area contributed by atoms with Gasteiger partial charge >= 0.3 is 5.97 Å². The maximum Gasteiger partial charge on any atom is 0.310 e. The van der Waals surface area contributed by atoms with Gasteiger partial charge in [-0.05, 0) is 38.1 Å². The van der Waals surface area contributed by atoms with E-state index in [1.807, 2.05) is 19.1 Å². The molecule has 0 saturated carbocycles. The Morgan fingerprint density at radius 1 is 1.31 bits per heavy atom. The van der Waals surface area contributed by atoms with Gasteiger partial charge in [0.25, 0.3) is 0 Å². The predicted octanol–water partition coefficient (Wildman–Crippen LogP) is 2.40. The second-order valence-corrected chi connectivity index (χ2v) is 6.39. The third kappa shape index (κ3) is 6.79. The number of esters is 1. The van der Waals surface area contributed by atoms with Gasteiger partial charge in [0.1, 0.15) is 5.76 Å². The lowest BCUT2D eigenvalue weighted by Crippen LogP contribution is -2.45. The Kier molecular flexibility index (Phi) is 10.6. The molecule has 0 aromatic carbocycles. The van der Waals surface area contributed by atoms with Crippen molar-refractivity contribution < 1.29 is 13.9 Å². The van der Waals surface area contributed by atoms with E-state index >= 15 is 0 Å². The minimum absolute atomic E-state index is 0. The van der Waals surface area contributed by atoms with Crippen LogP contribution in [0.3, 0.4) is 0 Å². The minimum Gasteiger partial charge on any atom is -0.469 e. The third-order valence-corrected chi connectivity index (χ3v) is 4.57. The SMILES string of the molecule is CN=C(NCC(C)C(=O)OC)NCC(c1ccco1)N1CCCCC1.I. The Labute approximate surface area is 173 Å². The predicted molar refractivity (Wildman–Crippen MR) is 113 cm³/mol. The molecule has 2 atom stereocenters. The highest BCUT2D eigenvalue weighted by molar-refractivity contribution is 14.0. The van der Waals surface area contributed by atoms with Gasteiger partial charge in [-0.2, -0.15) is 0 Å². The number of halogens is 1. The quantitative estimate of drug-likeness (QED) is 0.271. The van der Waals surface area contributed by atoms with Gasteiger partial charge in [0, 0.05) is 20.1 Å². The molecule has 0 aliphatic carbocycles.